The molecule has 0 radical (unpaired) electrons. The molecule has 3 aromatic heterocycles. The third-order valence-electron chi connectivity index (χ3n) is 5.65. The van der Waals surface area contributed by atoms with Gasteiger partial charge in [0.1, 0.15) is 12.1 Å². The summed E-state index contributed by atoms with van der Waals surface area (Å²) in [5, 5.41) is 6.15. The number of hydrogen-bond acceptors (Lipinski definition) is 6. The SMILES string of the molecule is Clc1cccc(-n2ncc3c(N4CCN(c5nc6ccccc6[nH]5)CC4)ncnc32)c1. The van der Waals surface area contributed by atoms with Gasteiger partial charge in [-0.15, -0.1) is 0 Å². The van der Waals surface area contributed by atoms with E-state index in [1.165, 1.54) is 0 Å². The number of anilines is 2. The number of fused-ring (bicyclic) bond motifs is 2. The quantitative estimate of drug-likeness (QED) is 0.470. The molecule has 0 saturated carbocycles. The van der Waals surface area contributed by atoms with Crippen molar-refractivity contribution in [1.82, 2.24) is 29.7 Å². The summed E-state index contributed by atoms with van der Waals surface area (Å²) in [6.45, 7) is 3.39. The molecule has 8 nitrogen and oxygen atoms in total. The number of benzene rings is 2. The Labute approximate surface area is 183 Å². The normalized spacial score (nSPS) is 14.6. The Morgan fingerprint density at radius 3 is 2.58 bits per heavy atom. The van der Waals surface area contributed by atoms with Crippen molar-refractivity contribution in [2.75, 3.05) is 36.0 Å². The molecule has 1 aliphatic rings. The largest absolute Gasteiger partial charge is 0.352 e. The fourth-order valence-corrected chi connectivity index (χ4v) is 4.28. The number of halogens is 1. The average molecular weight is 431 g/mol. The van der Waals surface area contributed by atoms with Crippen LogP contribution in [-0.2, 0) is 0 Å². The minimum Gasteiger partial charge on any atom is -0.352 e. The van der Waals surface area contributed by atoms with E-state index in [1.807, 2.05) is 48.7 Å². The lowest BCUT2D eigenvalue weighted by Crippen LogP contribution is -2.47. The Kier molecular flexibility index (Phi) is 4.24. The predicted molar refractivity (Wildman–Crippen MR) is 122 cm³/mol. The van der Waals surface area contributed by atoms with Gasteiger partial charge in [-0.1, -0.05) is 29.8 Å². The zero-order chi connectivity index (χ0) is 20.8. The third-order valence-corrected chi connectivity index (χ3v) is 5.89. The van der Waals surface area contributed by atoms with Gasteiger partial charge in [-0.05, 0) is 30.3 Å². The van der Waals surface area contributed by atoms with Crippen molar-refractivity contribution in [3.8, 4) is 5.69 Å². The maximum Gasteiger partial charge on any atom is 0.203 e. The molecule has 0 aliphatic carbocycles. The van der Waals surface area contributed by atoms with Gasteiger partial charge in [0.2, 0.25) is 5.95 Å². The van der Waals surface area contributed by atoms with Gasteiger partial charge in [0.05, 0.1) is 28.3 Å². The van der Waals surface area contributed by atoms with Crippen LogP contribution in [0, 0.1) is 0 Å². The van der Waals surface area contributed by atoms with Crippen molar-refractivity contribution >= 4 is 45.4 Å². The molecule has 0 bridgehead atoms. The first kappa shape index (κ1) is 18.1. The zero-order valence-corrected chi connectivity index (χ0v) is 17.4. The summed E-state index contributed by atoms with van der Waals surface area (Å²) in [4.78, 5) is 21.8. The summed E-state index contributed by atoms with van der Waals surface area (Å²) in [6.07, 6.45) is 3.43. The van der Waals surface area contributed by atoms with Crippen LogP contribution in [0.2, 0.25) is 5.02 Å². The van der Waals surface area contributed by atoms with E-state index in [0.717, 1.165) is 65.7 Å². The Morgan fingerprint density at radius 2 is 1.74 bits per heavy atom. The zero-order valence-electron chi connectivity index (χ0n) is 16.6. The molecule has 1 saturated heterocycles. The fourth-order valence-electron chi connectivity index (χ4n) is 4.10. The lowest BCUT2D eigenvalue weighted by molar-refractivity contribution is 0.639. The summed E-state index contributed by atoms with van der Waals surface area (Å²) in [6, 6.07) is 15.7. The molecule has 1 fully saturated rings. The van der Waals surface area contributed by atoms with E-state index in [-0.39, 0.29) is 0 Å². The minimum absolute atomic E-state index is 0.664. The summed E-state index contributed by atoms with van der Waals surface area (Å²) in [7, 11) is 0. The van der Waals surface area contributed by atoms with Crippen LogP contribution in [-0.4, -0.2) is 55.9 Å². The van der Waals surface area contributed by atoms with E-state index >= 15 is 0 Å². The lowest BCUT2D eigenvalue weighted by atomic mass is 10.3. The smallest absolute Gasteiger partial charge is 0.203 e. The Hall–Kier alpha value is -3.65. The molecule has 0 unspecified atom stereocenters. The lowest BCUT2D eigenvalue weighted by Gasteiger charge is -2.35. The molecule has 0 spiro atoms. The number of hydrogen-bond donors (Lipinski definition) is 1. The molecule has 154 valence electrons. The maximum absolute atomic E-state index is 6.16. The summed E-state index contributed by atoms with van der Waals surface area (Å²) in [5.41, 5.74) is 3.70. The highest BCUT2D eigenvalue weighted by Gasteiger charge is 2.23. The molecule has 0 atom stereocenters. The molecule has 31 heavy (non-hydrogen) atoms. The predicted octanol–water partition coefficient (Wildman–Crippen LogP) is 3.67. The summed E-state index contributed by atoms with van der Waals surface area (Å²) >= 11 is 6.16. The molecule has 9 heteroatoms. The van der Waals surface area contributed by atoms with Crippen LogP contribution in [0.5, 0.6) is 0 Å². The van der Waals surface area contributed by atoms with Crippen molar-refractivity contribution in [3.63, 3.8) is 0 Å². The molecule has 6 rings (SSSR count). The van der Waals surface area contributed by atoms with Gasteiger partial charge >= 0.3 is 0 Å². The minimum atomic E-state index is 0.664. The van der Waals surface area contributed by atoms with Gasteiger partial charge in [0.25, 0.3) is 0 Å². The molecule has 0 amide bonds. The molecule has 5 aromatic rings. The molecule has 2 aromatic carbocycles. The molecular formula is C22H19ClN8. The Balaban J connectivity index is 1.27. The van der Waals surface area contributed by atoms with Gasteiger partial charge in [-0.3, -0.25) is 0 Å². The second-order valence-corrected chi connectivity index (χ2v) is 7.96. The standard InChI is InChI=1S/C22H19ClN8/c23-15-4-3-5-16(12-15)31-21-17(13-26-31)20(24-14-25-21)29-8-10-30(11-9-29)22-27-18-6-1-2-7-19(18)28-22/h1-7,12-14H,8-11H2,(H,27,28). The summed E-state index contributed by atoms with van der Waals surface area (Å²) in [5.74, 6) is 1.82. The van der Waals surface area contributed by atoms with Crippen molar-refractivity contribution in [2.24, 2.45) is 0 Å². The highest BCUT2D eigenvalue weighted by molar-refractivity contribution is 6.30. The molecule has 4 heterocycles. The second-order valence-electron chi connectivity index (χ2n) is 7.52. The van der Waals surface area contributed by atoms with E-state index in [2.05, 4.69) is 35.9 Å². The number of H-pyrrole nitrogens is 1. The van der Waals surface area contributed by atoms with Gasteiger partial charge in [0, 0.05) is 31.2 Å². The number of imidazole rings is 1. The number of para-hydroxylation sites is 2. The van der Waals surface area contributed by atoms with Gasteiger partial charge in [-0.2, -0.15) is 5.10 Å². The second kappa shape index (κ2) is 7.24. The molecule has 1 aliphatic heterocycles. The van der Waals surface area contributed by atoms with Crippen LogP contribution in [0.1, 0.15) is 0 Å². The topological polar surface area (TPSA) is 78.8 Å². The average Bonchev–Trinajstić information content (AvgIpc) is 3.43. The number of aromatic amines is 1. The van der Waals surface area contributed by atoms with Gasteiger partial charge in [-0.25, -0.2) is 19.6 Å². The maximum atomic E-state index is 6.16. The van der Waals surface area contributed by atoms with Crippen LogP contribution < -0.4 is 9.80 Å². The van der Waals surface area contributed by atoms with Gasteiger partial charge in [0.15, 0.2) is 5.65 Å². The van der Waals surface area contributed by atoms with Crippen molar-refractivity contribution < 1.29 is 0 Å². The Bertz CT molecular complexity index is 1350. The molecular weight excluding hydrogens is 412 g/mol. The Morgan fingerprint density at radius 1 is 0.903 bits per heavy atom. The monoisotopic (exact) mass is 430 g/mol. The highest BCUT2D eigenvalue weighted by atomic mass is 35.5. The van der Waals surface area contributed by atoms with Crippen molar-refractivity contribution in [3.05, 3.63) is 66.1 Å². The van der Waals surface area contributed by atoms with Crippen LogP contribution in [0.4, 0.5) is 11.8 Å². The first-order chi connectivity index (χ1) is 15.3. The highest BCUT2D eigenvalue weighted by Crippen LogP contribution is 2.27. The number of rotatable bonds is 3. The van der Waals surface area contributed by atoms with Crippen LogP contribution in [0.15, 0.2) is 61.1 Å². The van der Waals surface area contributed by atoms with Crippen LogP contribution in [0.25, 0.3) is 27.8 Å². The first-order valence-corrected chi connectivity index (χ1v) is 10.5. The van der Waals surface area contributed by atoms with Crippen molar-refractivity contribution in [2.45, 2.75) is 0 Å². The number of nitrogens with one attached hydrogen (secondary N) is 1. The van der Waals surface area contributed by atoms with E-state index < -0.39 is 0 Å². The number of nitrogens with zero attached hydrogens (tertiary/aromatic N) is 7. The fraction of sp³-hybridized carbons (Fsp3) is 0.182. The van der Waals surface area contributed by atoms with E-state index in [4.69, 9.17) is 16.6 Å². The first-order valence-electron chi connectivity index (χ1n) is 10.2. The van der Waals surface area contributed by atoms with Crippen LogP contribution in [0.3, 0.4) is 0 Å². The summed E-state index contributed by atoms with van der Waals surface area (Å²) < 4.78 is 1.80. The van der Waals surface area contributed by atoms with E-state index in [9.17, 15) is 0 Å². The number of piperazine rings is 1. The third kappa shape index (κ3) is 3.16. The van der Waals surface area contributed by atoms with E-state index in [1.54, 1.807) is 11.0 Å². The van der Waals surface area contributed by atoms with Gasteiger partial charge < -0.3 is 14.8 Å². The van der Waals surface area contributed by atoms with Crippen LogP contribution >= 0.6 is 11.6 Å². The number of aromatic nitrogens is 6. The van der Waals surface area contributed by atoms with E-state index in [0.29, 0.717) is 5.02 Å². The molecule has 1 N–H and O–H groups in total. The van der Waals surface area contributed by atoms with Crippen molar-refractivity contribution in [1.29, 1.82) is 0 Å².